The molecule has 2 fully saturated rings. The molecule has 1 aromatic heterocycles. The van der Waals surface area contributed by atoms with Gasteiger partial charge in [-0.05, 0) is 60.2 Å². The van der Waals surface area contributed by atoms with Gasteiger partial charge in [-0.25, -0.2) is 4.79 Å². The van der Waals surface area contributed by atoms with Gasteiger partial charge >= 0.3 is 12.1 Å². The largest absolute Gasteiger partial charge is 0.462 e. The van der Waals surface area contributed by atoms with Gasteiger partial charge in [-0.2, -0.15) is 9.97 Å². The summed E-state index contributed by atoms with van der Waals surface area (Å²) in [5.74, 6) is 0.922. The van der Waals surface area contributed by atoms with Gasteiger partial charge in [0.15, 0.2) is 0 Å². The number of piperazine rings is 1. The van der Waals surface area contributed by atoms with Gasteiger partial charge in [-0.3, -0.25) is 4.90 Å². The molecule has 0 saturated carbocycles. The number of rotatable bonds is 6. The number of ether oxygens (including phenoxy) is 3. The van der Waals surface area contributed by atoms with E-state index in [1.165, 1.54) is 12.0 Å². The van der Waals surface area contributed by atoms with Crippen LogP contribution in [0.2, 0.25) is 0 Å². The number of methoxy groups -OCH3 is 1. The lowest BCUT2D eigenvalue weighted by Crippen LogP contribution is -2.58. The molecule has 190 valence electrons. The minimum Gasteiger partial charge on any atom is -0.462 e. The standard InChI is InChI=1S/C24H40N6O4/c1-24(2,3)34-23(31)30-12-11-29(14-18(30)15-32-5)21-19-8-9-25-13-20(19)26-22(27-21)33-16-17-7-6-10-28(17)4/h17-18,25H,6-16H2,1-5H3. The molecular weight excluding hydrogens is 436 g/mol. The first-order chi connectivity index (χ1) is 16.2. The first kappa shape index (κ1) is 24.9. The van der Waals surface area contributed by atoms with Crippen LogP contribution in [0.25, 0.3) is 0 Å². The van der Waals surface area contributed by atoms with E-state index in [4.69, 9.17) is 24.2 Å². The summed E-state index contributed by atoms with van der Waals surface area (Å²) in [6, 6.07) is 0.720. The Hall–Kier alpha value is -2.17. The van der Waals surface area contributed by atoms with E-state index in [1.807, 2.05) is 20.8 Å². The number of likely N-dealkylation sites (tertiary alicyclic amines) is 1. The topological polar surface area (TPSA) is 92.3 Å². The minimum atomic E-state index is -0.538. The number of likely N-dealkylation sites (N-methyl/N-ethyl adjacent to an activating group) is 1. The fraction of sp³-hybridized carbons (Fsp3) is 0.792. The van der Waals surface area contributed by atoms with Crippen molar-refractivity contribution < 1.29 is 19.0 Å². The summed E-state index contributed by atoms with van der Waals surface area (Å²) >= 11 is 0. The van der Waals surface area contributed by atoms with Gasteiger partial charge in [0.1, 0.15) is 18.0 Å². The van der Waals surface area contributed by atoms with E-state index in [0.717, 1.165) is 37.4 Å². The number of aromatic nitrogens is 2. The van der Waals surface area contributed by atoms with Crippen LogP contribution >= 0.6 is 0 Å². The smallest absolute Gasteiger partial charge is 0.410 e. The van der Waals surface area contributed by atoms with E-state index in [9.17, 15) is 4.79 Å². The molecule has 0 spiro atoms. The number of hydrogen-bond donors (Lipinski definition) is 1. The van der Waals surface area contributed by atoms with Crippen molar-refractivity contribution in [1.82, 2.24) is 25.1 Å². The number of amides is 1. The molecule has 1 amide bonds. The molecule has 34 heavy (non-hydrogen) atoms. The SMILES string of the molecule is COCC1CN(c2nc(OCC3CCCN3C)nc3c2CCNC3)CCN1C(=O)OC(C)(C)C. The molecule has 3 aliphatic heterocycles. The second-order valence-corrected chi connectivity index (χ2v) is 10.5. The highest BCUT2D eigenvalue weighted by molar-refractivity contribution is 5.69. The van der Waals surface area contributed by atoms with E-state index in [2.05, 4.69) is 22.2 Å². The zero-order valence-corrected chi connectivity index (χ0v) is 21.3. The van der Waals surface area contributed by atoms with Crippen LogP contribution < -0.4 is 15.0 Å². The van der Waals surface area contributed by atoms with Crippen LogP contribution in [0.5, 0.6) is 6.01 Å². The van der Waals surface area contributed by atoms with E-state index in [0.29, 0.717) is 51.4 Å². The zero-order chi connectivity index (χ0) is 24.3. The number of hydrogen-bond acceptors (Lipinski definition) is 9. The number of carbonyl (C=O) groups excluding carboxylic acids is 1. The number of anilines is 1. The molecule has 0 radical (unpaired) electrons. The quantitative estimate of drug-likeness (QED) is 0.658. The highest BCUT2D eigenvalue weighted by Gasteiger charge is 2.35. The van der Waals surface area contributed by atoms with Crippen molar-refractivity contribution >= 4 is 11.9 Å². The molecule has 10 heteroatoms. The fourth-order valence-electron chi connectivity index (χ4n) is 4.95. The lowest BCUT2D eigenvalue weighted by atomic mass is 10.1. The molecule has 1 aromatic rings. The average Bonchev–Trinajstić information content (AvgIpc) is 3.20. The molecule has 3 aliphatic rings. The minimum absolute atomic E-state index is 0.127. The summed E-state index contributed by atoms with van der Waals surface area (Å²) in [5, 5.41) is 3.41. The molecule has 2 saturated heterocycles. The van der Waals surface area contributed by atoms with E-state index in [-0.39, 0.29) is 12.1 Å². The van der Waals surface area contributed by atoms with Crippen LogP contribution in [0, 0.1) is 0 Å². The Bertz CT molecular complexity index is 861. The van der Waals surface area contributed by atoms with Crippen LogP contribution in [0.15, 0.2) is 0 Å². The highest BCUT2D eigenvalue weighted by Crippen LogP contribution is 2.29. The van der Waals surface area contributed by atoms with Gasteiger partial charge in [0, 0.05) is 44.9 Å². The van der Waals surface area contributed by atoms with Crippen LogP contribution in [0.1, 0.15) is 44.9 Å². The molecule has 0 aromatic carbocycles. The fourth-order valence-corrected chi connectivity index (χ4v) is 4.95. The molecule has 2 atom stereocenters. The highest BCUT2D eigenvalue weighted by atomic mass is 16.6. The van der Waals surface area contributed by atoms with Crippen molar-refractivity contribution in [3.05, 3.63) is 11.3 Å². The van der Waals surface area contributed by atoms with Gasteiger partial charge in [-0.15, -0.1) is 0 Å². The monoisotopic (exact) mass is 476 g/mol. The normalized spacial score (nSPS) is 23.7. The van der Waals surface area contributed by atoms with Crippen molar-refractivity contribution in [2.45, 2.75) is 64.3 Å². The molecule has 4 heterocycles. The summed E-state index contributed by atoms with van der Waals surface area (Å²) in [5.41, 5.74) is 1.64. The van der Waals surface area contributed by atoms with Gasteiger partial charge in [0.25, 0.3) is 0 Å². The van der Waals surface area contributed by atoms with Crippen LogP contribution in [-0.2, 0) is 22.4 Å². The maximum absolute atomic E-state index is 12.8. The molecular formula is C24H40N6O4. The predicted molar refractivity (Wildman–Crippen MR) is 129 cm³/mol. The van der Waals surface area contributed by atoms with Crippen LogP contribution in [0.3, 0.4) is 0 Å². The molecule has 4 rings (SSSR count). The third-order valence-electron chi connectivity index (χ3n) is 6.74. The Morgan fingerprint density at radius 1 is 1.15 bits per heavy atom. The van der Waals surface area contributed by atoms with Gasteiger partial charge in [0.2, 0.25) is 0 Å². The van der Waals surface area contributed by atoms with Gasteiger partial charge < -0.3 is 29.3 Å². The van der Waals surface area contributed by atoms with E-state index < -0.39 is 5.60 Å². The summed E-state index contributed by atoms with van der Waals surface area (Å²) in [6.45, 7) is 11.2. The van der Waals surface area contributed by atoms with Crippen LogP contribution in [-0.4, -0.2) is 104 Å². The number of nitrogens with zero attached hydrogens (tertiary/aromatic N) is 5. The molecule has 1 N–H and O–H groups in total. The zero-order valence-electron chi connectivity index (χ0n) is 21.3. The molecule has 0 bridgehead atoms. The maximum Gasteiger partial charge on any atom is 0.410 e. The first-order valence-electron chi connectivity index (χ1n) is 12.4. The summed E-state index contributed by atoms with van der Waals surface area (Å²) in [4.78, 5) is 28.9. The second-order valence-electron chi connectivity index (χ2n) is 10.5. The Balaban J connectivity index is 1.53. The predicted octanol–water partition coefficient (Wildman–Crippen LogP) is 1.67. The van der Waals surface area contributed by atoms with E-state index in [1.54, 1.807) is 12.0 Å². The lowest BCUT2D eigenvalue weighted by Gasteiger charge is -2.42. The number of carbonyl (C=O) groups is 1. The first-order valence-corrected chi connectivity index (χ1v) is 12.4. The molecule has 10 nitrogen and oxygen atoms in total. The Labute approximate surface area is 202 Å². The summed E-state index contributed by atoms with van der Waals surface area (Å²) in [6.07, 6.45) is 2.92. The van der Waals surface area contributed by atoms with Gasteiger partial charge in [0.05, 0.1) is 18.3 Å². The Morgan fingerprint density at radius 3 is 2.68 bits per heavy atom. The van der Waals surface area contributed by atoms with Crippen molar-refractivity contribution in [3.63, 3.8) is 0 Å². The van der Waals surface area contributed by atoms with Crippen molar-refractivity contribution in [3.8, 4) is 6.01 Å². The van der Waals surface area contributed by atoms with Crippen LogP contribution in [0.4, 0.5) is 10.6 Å². The third kappa shape index (κ3) is 5.90. The van der Waals surface area contributed by atoms with Crippen molar-refractivity contribution in [2.24, 2.45) is 0 Å². The third-order valence-corrected chi connectivity index (χ3v) is 6.74. The van der Waals surface area contributed by atoms with Crippen molar-refractivity contribution in [2.75, 3.05) is 65.0 Å². The Morgan fingerprint density at radius 2 is 1.97 bits per heavy atom. The Kier molecular flexibility index (Phi) is 7.79. The molecule has 0 aliphatic carbocycles. The lowest BCUT2D eigenvalue weighted by molar-refractivity contribution is 0.00335. The van der Waals surface area contributed by atoms with Crippen molar-refractivity contribution in [1.29, 1.82) is 0 Å². The maximum atomic E-state index is 12.8. The van der Waals surface area contributed by atoms with Gasteiger partial charge in [-0.1, -0.05) is 0 Å². The summed E-state index contributed by atoms with van der Waals surface area (Å²) < 4.78 is 17.2. The number of nitrogens with one attached hydrogen (secondary N) is 1. The number of fused-ring (bicyclic) bond motifs is 1. The summed E-state index contributed by atoms with van der Waals surface area (Å²) in [7, 11) is 3.81. The average molecular weight is 477 g/mol. The molecule has 2 unspecified atom stereocenters. The van der Waals surface area contributed by atoms with E-state index >= 15 is 0 Å². The second kappa shape index (κ2) is 10.6.